The minimum Gasteiger partial charge on any atom is -0.365 e. The van der Waals surface area contributed by atoms with E-state index >= 15 is 0 Å². The number of H-pyrrole nitrogens is 1. The van der Waals surface area contributed by atoms with E-state index in [0.717, 1.165) is 19.3 Å². The van der Waals surface area contributed by atoms with Gasteiger partial charge in [-0.1, -0.05) is 0 Å². The molecule has 1 aliphatic carbocycles. The highest BCUT2D eigenvalue weighted by atomic mass is 15.1. The molecule has 90 valence electrons. The number of fused-ring (bicyclic) bond motifs is 1. The van der Waals surface area contributed by atoms with Crippen LogP contribution in [0.5, 0.6) is 0 Å². The number of rotatable bonds is 2. The molecule has 1 atom stereocenters. The first-order chi connectivity index (χ1) is 8.86. The Morgan fingerprint density at radius 1 is 1.39 bits per heavy atom. The molecule has 2 aromatic rings. The summed E-state index contributed by atoms with van der Waals surface area (Å²) in [4.78, 5) is 8.16. The van der Waals surface area contributed by atoms with Crippen LogP contribution in [0.2, 0.25) is 0 Å². The van der Waals surface area contributed by atoms with Crippen LogP contribution >= 0.6 is 0 Å². The molecule has 0 bridgehead atoms. The summed E-state index contributed by atoms with van der Waals surface area (Å²) in [6.45, 7) is 0. The second kappa shape index (κ2) is 4.45. The van der Waals surface area contributed by atoms with Crippen LogP contribution in [0.4, 0.5) is 5.82 Å². The Morgan fingerprint density at radius 3 is 3.17 bits per heavy atom. The van der Waals surface area contributed by atoms with Crippen molar-refractivity contribution in [3.63, 3.8) is 0 Å². The summed E-state index contributed by atoms with van der Waals surface area (Å²) in [5, 5.41) is 19.3. The van der Waals surface area contributed by atoms with Crippen molar-refractivity contribution in [2.45, 2.75) is 25.3 Å². The molecule has 6 nitrogen and oxygen atoms in total. The third-order valence-electron chi connectivity index (χ3n) is 3.16. The fraction of sp³-hybridized carbons (Fsp3) is 0.333. The van der Waals surface area contributed by atoms with Crippen LogP contribution in [0.1, 0.15) is 23.4 Å². The van der Waals surface area contributed by atoms with Crippen LogP contribution < -0.4 is 5.32 Å². The number of hydrogen-bond acceptors (Lipinski definition) is 5. The Bertz CT molecular complexity index is 597. The zero-order valence-electron chi connectivity index (χ0n) is 9.72. The highest BCUT2D eigenvalue weighted by Crippen LogP contribution is 2.21. The third kappa shape index (κ3) is 1.91. The molecule has 0 fully saturated rings. The summed E-state index contributed by atoms with van der Waals surface area (Å²) in [5.74, 6) is 0.567. The average Bonchev–Trinajstić information content (AvgIpc) is 2.87. The molecule has 0 radical (unpaired) electrons. The van der Waals surface area contributed by atoms with Crippen molar-refractivity contribution >= 4 is 5.82 Å². The van der Waals surface area contributed by atoms with Crippen LogP contribution in [0.3, 0.4) is 0 Å². The molecule has 6 heteroatoms. The molecule has 3 rings (SSSR count). The molecule has 0 amide bonds. The average molecular weight is 240 g/mol. The summed E-state index contributed by atoms with van der Waals surface area (Å²) >= 11 is 0. The molecule has 2 N–H and O–H groups in total. The van der Waals surface area contributed by atoms with E-state index in [1.807, 2.05) is 12.3 Å². The maximum Gasteiger partial charge on any atom is 0.182 e. The first-order valence-electron chi connectivity index (χ1n) is 5.85. The van der Waals surface area contributed by atoms with Gasteiger partial charge in [0, 0.05) is 24.1 Å². The molecule has 0 saturated heterocycles. The van der Waals surface area contributed by atoms with Gasteiger partial charge in [0.25, 0.3) is 0 Å². The van der Waals surface area contributed by atoms with Crippen LogP contribution in [0.15, 0.2) is 18.6 Å². The molecule has 1 unspecified atom stereocenters. The quantitative estimate of drug-likeness (QED) is 0.818. The smallest absolute Gasteiger partial charge is 0.182 e. The zero-order valence-corrected chi connectivity index (χ0v) is 9.72. The van der Waals surface area contributed by atoms with Crippen LogP contribution in [0.25, 0.3) is 0 Å². The lowest BCUT2D eigenvalue weighted by molar-refractivity contribution is 0.602. The Morgan fingerprint density at radius 2 is 2.28 bits per heavy atom. The predicted octanol–water partition coefficient (Wildman–Crippen LogP) is 1.04. The van der Waals surface area contributed by atoms with Crippen molar-refractivity contribution in [1.29, 1.82) is 5.26 Å². The van der Waals surface area contributed by atoms with E-state index in [-0.39, 0.29) is 6.04 Å². The maximum atomic E-state index is 8.97. The second-order valence-corrected chi connectivity index (χ2v) is 4.32. The van der Waals surface area contributed by atoms with Crippen LogP contribution in [-0.4, -0.2) is 26.2 Å². The highest BCUT2D eigenvalue weighted by molar-refractivity contribution is 5.48. The van der Waals surface area contributed by atoms with E-state index in [1.54, 1.807) is 6.20 Å². The number of aromatic nitrogens is 4. The molecular weight excluding hydrogens is 228 g/mol. The summed E-state index contributed by atoms with van der Waals surface area (Å²) in [6, 6.07) is 2.32. The number of hydrogen-bond donors (Lipinski definition) is 2. The topological polar surface area (TPSA) is 90.3 Å². The predicted molar refractivity (Wildman–Crippen MR) is 64.8 cm³/mol. The van der Waals surface area contributed by atoms with Crippen molar-refractivity contribution in [3.05, 3.63) is 35.5 Å². The minimum absolute atomic E-state index is 0.277. The largest absolute Gasteiger partial charge is 0.365 e. The van der Waals surface area contributed by atoms with Gasteiger partial charge in [0.05, 0.1) is 6.20 Å². The minimum atomic E-state index is 0.277. The number of nitrogens with one attached hydrogen (secondary N) is 2. The SMILES string of the molecule is N#Cc1nccnc1NC1CCc2[nH]ncc2C1. The number of aryl methyl sites for hydroxylation is 1. The van der Waals surface area contributed by atoms with Crippen molar-refractivity contribution < 1.29 is 0 Å². The molecule has 0 spiro atoms. The molecule has 2 heterocycles. The number of nitrogens with zero attached hydrogens (tertiary/aromatic N) is 4. The number of nitriles is 1. The van der Waals surface area contributed by atoms with E-state index in [0.29, 0.717) is 11.5 Å². The normalized spacial score (nSPS) is 17.8. The summed E-state index contributed by atoms with van der Waals surface area (Å²) < 4.78 is 0. The van der Waals surface area contributed by atoms with E-state index in [2.05, 4.69) is 25.5 Å². The van der Waals surface area contributed by atoms with Crippen molar-refractivity contribution in [2.75, 3.05) is 5.32 Å². The van der Waals surface area contributed by atoms with Gasteiger partial charge in [-0.2, -0.15) is 10.4 Å². The zero-order chi connectivity index (χ0) is 12.4. The van der Waals surface area contributed by atoms with E-state index in [4.69, 9.17) is 5.26 Å². The van der Waals surface area contributed by atoms with Crippen molar-refractivity contribution in [2.24, 2.45) is 0 Å². The van der Waals surface area contributed by atoms with Gasteiger partial charge in [-0.15, -0.1) is 0 Å². The van der Waals surface area contributed by atoms with Gasteiger partial charge in [-0.05, 0) is 24.8 Å². The molecular formula is C12H12N6. The standard InChI is InChI=1S/C12H12N6/c13-6-11-12(15-4-3-14-11)17-9-1-2-10-8(5-9)7-16-18-10/h3-4,7,9H,1-2,5H2,(H,15,17)(H,16,18). The van der Waals surface area contributed by atoms with Crippen molar-refractivity contribution in [3.8, 4) is 6.07 Å². The van der Waals surface area contributed by atoms with E-state index < -0.39 is 0 Å². The van der Waals surface area contributed by atoms with Crippen LogP contribution in [-0.2, 0) is 12.8 Å². The fourth-order valence-corrected chi connectivity index (χ4v) is 2.26. The lowest BCUT2D eigenvalue weighted by Gasteiger charge is -2.23. The lowest BCUT2D eigenvalue weighted by atomic mass is 9.93. The molecule has 18 heavy (non-hydrogen) atoms. The molecule has 1 aliphatic rings. The van der Waals surface area contributed by atoms with Gasteiger partial charge in [-0.3, -0.25) is 5.10 Å². The maximum absolute atomic E-state index is 8.97. The van der Waals surface area contributed by atoms with Gasteiger partial charge in [0.2, 0.25) is 0 Å². The van der Waals surface area contributed by atoms with Crippen LogP contribution in [0, 0.1) is 11.3 Å². The van der Waals surface area contributed by atoms with Crippen molar-refractivity contribution in [1.82, 2.24) is 20.2 Å². The van der Waals surface area contributed by atoms with E-state index in [9.17, 15) is 0 Å². The number of anilines is 1. The fourth-order valence-electron chi connectivity index (χ4n) is 2.26. The molecule has 0 aliphatic heterocycles. The van der Waals surface area contributed by atoms with Gasteiger partial charge in [-0.25, -0.2) is 9.97 Å². The molecule has 0 saturated carbocycles. The Kier molecular flexibility index (Phi) is 2.65. The monoisotopic (exact) mass is 240 g/mol. The Balaban J connectivity index is 1.77. The molecule has 0 aromatic carbocycles. The van der Waals surface area contributed by atoms with E-state index in [1.165, 1.54) is 17.5 Å². The first-order valence-corrected chi connectivity index (χ1v) is 5.85. The van der Waals surface area contributed by atoms with Gasteiger partial charge < -0.3 is 5.32 Å². The molecule has 2 aromatic heterocycles. The van der Waals surface area contributed by atoms with Gasteiger partial charge in [0.1, 0.15) is 6.07 Å². The van der Waals surface area contributed by atoms with Gasteiger partial charge in [0.15, 0.2) is 11.5 Å². The Hall–Kier alpha value is -2.42. The summed E-state index contributed by atoms with van der Waals surface area (Å²) in [5.41, 5.74) is 2.80. The first kappa shape index (κ1) is 10.7. The highest BCUT2D eigenvalue weighted by Gasteiger charge is 2.21. The third-order valence-corrected chi connectivity index (χ3v) is 3.16. The summed E-state index contributed by atoms with van der Waals surface area (Å²) in [7, 11) is 0. The van der Waals surface area contributed by atoms with Gasteiger partial charge >= 0.3 is 0 Å². The number of aromatic amines is 1. The lowest BCUT2D eigenvalue weighted by Crippen LogP contribution is -2.27. The second-order valence-electron chi connectivity index (χ2n) is 4.32. The Labute approximate surface area is 104 Å². The summed E-state index contributed by atoms with van der Waals surface area (Å²) in [6.07, 6.45) is 7.85.